The molecule has 2 aliphatic heterocycles. The summed E-state index contributed by atoms with van der Waals surface area (Å²) in [6.07, 6.45) is 5.58. The van der Waals surface area contributed by atoms with Crippen LogP contribution in [0.5, 0.6) is 0 Å². The van der Waals surface area contributed by atoms with Crippen LogP contribution in [0.4, 0.5) is 0 Å². The molecular weight excluding hydrogens is 244 g/mol. The molecule has 2 fully saturated rings. The van der Waals surface area contributed by atoms with Crippen LogP contribution in [0.2, 0.25) is 0 Å². The van der Waals surface area contributed by atoms with Crippen LogP contribution in [0.25, 0.3) is 0 Å². The van der Waals surface area contributed by atoms with Crippen molar-refractivity contribution in [2.75, 3.05) is 33.2 Å². The lowest BCUT2D eigenvalue weighted by atomic mass is 9.83. The van der Waals surface area contributed by atoms with Gasteiger partial charge in [0.2, 0.25) is 0 Å². The van der Waals surface area contributed by atoms with Crippen molar-refractivity contribution in [2.45, 2.75) is 73.3 Å². The van der Waals surface area contributed by atoms with E-state index in [2.05, 4.69) is 44.5 Å². The quantitative estimate of drug-likeness (QED) is 0.736. The molecule has 1 unspecified atom stereocenters. The van der Waals surface area contributed by atoms with Crippen LogP contribution in [0, 0.1) is 11.8 Å². The predicted octanol–water partition coefficient (Wildman–Crippen LogP) is 4.50. The summed E-state index contributed by atoms with van der Waals surface area (Å²) in [7, 11) is 2.27. The highest BCUT2D eigenvalue weighted by molar-refractivity contribution is 4.84. The first kappa shape index (κ1) is 19.9. The third-order valence-corrected chi connectivity index (χ3v) is 4.40. The second-order valence-corrected chi connectivity index (χ2v) is 6.49. The number of nitrogens with zero attached hydrogens (tertiary/aromatic N) is 2. The van der Waals surface area contributed by atoms with Gasteiger partial charge in [-0.05, 0) is 71.6 Å². The number of hydrogen-bond donors (Lipinski definition) is 0. The average Bonchev–Trinajstić information content (AvgIpc) is 2.89. The Kier molecular flexibility index (Phi) is 11.5. The van der Waals surface area contributed by atoms with Crippen LogP contribution >= 0.6 is 0 Å². The summed E-state index contributed by atoms with van der Waals surface area (Å²) in [5.74, 6) is 2.02. The first-order chi connectivity index (χ1) is 9.58. The highest BCUT2D eigenvalue weighted by atomic mass is 15.2. The minimum atomic E-state index is 0.747. The Morgan fingerprint density at radius 2 is 1.35 bits per heavy atom. The lowest BCUT2D eigenvalue weighted by Crippen LogP contribution is -2.40. The molecule has 0 aromatic heterocycles. The van der Waals surface area contributed by atoms with Crippen LogP contribution in [0.3, 0.4) is 0 Å². The molecule has 0 bridgehead atoms. The van der Waals surface area contributed by atoms with E-state index >= 15 is 0 Å². The first-order valence-corrected chi connectivity index (χ1v) is 9.01. The third-order valence-electron chi connectivity index (χ3n) is 4.40. The second kappa shape index (κ2) is 11.6. The summed E-state index contributed by atoms with van der Waals surface area (Å²) in [4.78, 5) is 5.13. The average molecular weight is 285 g/mol. The van der Waals surface area contributed by atoms with E-state index in [0.717, 1.165) is 17.9 Å². The summed E-state index contributed by atoms with van der Waals surface area (Å²) in [6.45, 7) is 18.2. The van der Waals surface area contributed by atoms with Gasteiger partial charge in [0.15, 0.2) is 0 Å². The van der Waals surface area contributed by atoms with E-state index in [-0.39, 0.29) is 0 Å². The summed E-state index contributed by atoms with van der Waals surface area (Å²) in [5.41, 5.74) is 0. The fraction of sp³-hybridized carbons (Fsp3) is 1.00. The lowest BCUT2D eigenvalue weighted by molar-refractivity contribution is 0.122. The smallest absolute Gasteiger partial charge is 0.00385 e. The van der Waals surface area contributed by atoms with Gasteiger partial charge >= 0.3 is 0 Å². The van der Waals surface area contributed by atoms with Crippen molar-refractivity contribution >= 4 is 0 Å². The zero-order valence-corrected chi connectivity index (χ0v) is 15.3. The predicted molar refractivity (Wildman–Crippen MR) is 92.4 cm³/mol. The molecule has 20 heavy (non-hydrogen) atoms. The number of likely N-dealkylation sites (tertiary alicyclic amines) is 2. The van der Waals surface area contributed by atoms with Gasteiger partial charge in [0, 0.05) is 12.6 Å². The van der Waals surface area contributed by atoms with Crippen molar-refractivity contribution in [3.05, 3.63) is 0 Å². The lowest BCUT2D eigenvalue weighted by Gasteiger charge is -2.36. The van der Waals surface area contributed by atoms with E-state index in [1.165, 1.54) is 51.9 Å². The van der Waals surface area contributed by atoms with Crippen molar-refractivity contribution in [2.24, 2.45) is 11.8 Å². The third kappa shape index (κ3) is 7.08. The van der Waals surface area contributed by atoms with Crippen LogP contribution in [0.1, 0.15) is 67.2 Å². The van der Waals surface area contributed by atoms with Crippen LogP contribution in [-0.4, -0.2) is 49.1 Å². The Balaban J connectivity index is 0.000000641. The van der Waals surface area contributed by atoms with Gasteiger partial charge in [-0.1, -0.05) is 34.1 Å². The van der Waals surface area contributed by atoms with Gasteiger partial charge in [-0.3, -0.25) is 0 Å². The number of hydrogen-bond acceptors (Lipinski definition) is 2. The van der Waals surface area contributed by atoms with E-state index in [9.17, 15) is 0 Å². The summed E-state index contributed by atoms with van der Waals surface area (Å²) in [6, 6.07) is 0.747. The molecule has 122 valence electrons. The molecule has 2 rings (SSSR count). The molecule has 2 heterocycles. The van der Waals surface area contributed by atoms with Crippen molar-refractivity contribution in [3.63, 3.8) is 0 Å². The highest BCUT2D eigenvalue weighted by Crippen LogP contribution is 2.31. The van der Waals surface area contributed by atoms with Gasteiger partial charge in [-0.25, -0.2) is 0 Å². The van der Waals surface area contributed by atoms with Crippen LogP contribution < -0.4 is 0 Å². The van der Waals surface area contributed by atoms with Crippen molar-refractivity contribution in [3.8, 4) is 0 Å². The Morgan fingerprint density at radius 1 is 0.900 bits per heavy atom. The maximum absolute atomic E-state index is 2.63. The normalized spacial score (nSPS) is 24.9. The van der Waals surface area contributed by atoms with E-state index in [0.29, 0.717) is 0 Å². The molecule has 0 aromatic rings. The molecule has 0 spiro atoms. The maximum atomic E-state index is 2.63. The van der Waals surface area contributed by atoms with E-state index in [1.807, 2.05) is 13.8 Å². The largest absolute Gasteiger partial charge is 0.306 e. The molecule has 1 atom stereocenters. The zero-order chi connectivity index (χ0) is 15.5. The maximum Gasteiger partial charge on any atom is 0.00385 e. The molecule has 0 saturated carbocycles. The standard InChI is InChI=1S/C13H26N2.C3H8.C2H6/c1-11(2)15-8-5-12(6-9-15)13-4-7-14(3)10-13;1-3-2;1-2/h11-13H,4-10H2,1-3H3;3H2,1-2H3;1-2H3. The van der Waals surface area contributed by atoms with E-state index in [4.69, 9.17) is 0 Å². The Bertz CT molecular complexity index is 207. The Hall–Kier alpha value is -0.0800. The minimum absolute atomic E-state index is 0.747. The molecule has 2 nitrogen and oxygen atoms in total. The van der Waals surface area contributed by atoms with Crippen LogP contribution in [-0.2, 0) is 0 Å². The number of rotatable bonds is 2. The Morgan fingerprint density at radius 3 is 1.70 bits per heavy atom. The van der Waals surface area contributed by atoms with Gasteiger partial charge in [-0.2, -0.15) is 0 Å². The molecule has 0 amide bonds. The monoisotopic (exact) mass is 284 g/mol. The Labute approximate surface area is 128 Å². The van der Waals surface area contributed by atoms with Crippen molar-refractivity contribution < 1.29 is 0 Å². The minimum Gasteiger partial charge on any atom is -0.306 e. The van der Waals surface area contributed by atoms with Crippen molar-refractivity contribution in [1.82, 2.24) is 9.80 Å². The SMILES string of the molecule is CC.CC(C)N1CCC(C2CCN(C)C2)CC1.CCC. The van der Waals surface area contributed by atoms with E-state index in [1.54, 1.807) is 0 Å². The van der Waals surface area contributed by atoms with Gasteiger partial charge in [0.1, 0.15) is 0 Å². The summed E-state index contributed by atoms with van der Waals surface area (Å²) >= 11 is 0. The molecule has 0 N–H and O–H groups in total. The zero-order valence-electron chi connectivity index (χ0n) is 15.3. The fourth-order valence-electron chi connectivity index (χ4n) is 3.26. The molecule has 0 aromatic carbocycles. The summed E-state index contributed by atoms with van der Waals surface area (Å²) in [5, 5.41) is 0. The first-order valence-electron chi connectivity index (χ1n) is 9.01. The molecule has 0 aliphatic carbocycles. The summed E-state index contributed by atoms with van der Waals surface area (Å²) < 4.78 is 0. The van der Waals surface area contributed by atoms with Gasteiger partial charge in [0.25, 0.3) is 0 Å². The molecule has 2 saturated heterocycles. The number of piperidine rings is 1. The van der Waals surface area contributed by atoms with Crippen molar-refractivity contribution in [1.29, 1.82) is 0 Å². The fourth-order valence-corrected chi connectivity index (χ4v) is 3.26. The topological polar surface area (TPSA) is 6.48 Å². The van der Waals surface area contributed by atoms with Gasteiger partial charge in [0.05, 0.1) is 0 Å². The highest BCUT2D eigenvalue weighted by Gasteiger charge is 2.30. The van der Waals surface area contributed by atoms with Gasteiger partial charge < -0.3 is 9.80 Å². The van der Waals surface area contributed by atoms with Gasteiger partial charge in [-0.15, -0.1) is 0 Å². The van der Waals surface area contributed by atoms with E-state index < -0.39 is 0 Å². The van der Waals surface area contributed by atoms with Crippen LogP contribution in [0.15, 0.2) is 0 Å². The second-order valence-electron chi connectivity index (χ2n) is 6.49. The molecular formula is C18H40N2. The molecule has 0 radical (unpaired) electrons. The molecule has 2 heteroatoms. The molecule has 2 aliphatic rings.